The lowest BCUT2D eigenvalue weighted by Crippen LogP contribution is -2.47. The van der Waals surface area contributed by atoms with Crippen LogP contribution in [0, 0.1) is 6.92 Å². The van der Waals surface area contributed by atoms with Crippen LogP contribution in [0.15, 0.2) is 42.6 Å². The number of likely N-dealkylation sites (tertiary alicyclic amines) is 1. The summed E-state index contributed by atoms with van der Waals surface area (Å²) in [5, 5.41) is 10.0. The number of methoxy groups -OCH3 is 1. The van der Waals surface area contributed by atoms with E-state index in [2.05, 4.69) is 4.98 Å². The van der Waals surface area contributed by atoms with E-state index in [0.717, 1.165) is 22.0 Å². The lowest BCUT2D eigenvalue weighted by atomic mass is 9.87. The summed E-state index contributed by atoms with van der Waals surface area (Å²) in [6.07, 6.45) is -2.54. The van der Waals surface area contributed by atoms with Crippen molar-refractivity contribution in [3.8, 4) is 11.5 Å². The van der Waals surface area contributed by atoms with Gasteiger partial charge < -0.3 is 19.6 Å². The second kappa shape index (κ2) is 8.97. The van der Waals surface area contributed by atoms with Crippen LogP contribution in [-0.4, -0.2) is 60.0 Å². The highest BCUT2D eigenvalue weighted by molar-refractivity contribution is 5.91. The molecule has 0 radical (unpaired) electrons. The molecule has 2 N–H and O–H groups in total. The topological polar surface area (TPSA) is 74.8 Å². The van der Waals surface area contributed by atoms with Crippen molar-refractivity contribution in [2.45, 2.75) is 31.5 Å². The second-order valence-corrected chi connectivity index (χ2v) is 8.32. The summed E-state index contributed by atoms with van der Waals surface area (Å²) in [5.74, 6) is -0.349. The van der Waals surface area contributed by atoms with Gasteiger partial charge in [-0.05, 0) is 48.7 Å². The fraction of sp³-hybridized carbons (Fsp3) is 0.375. The molecule has 1 fully saturated rings. The van der Waals surface area contributed by atoms with E-state index in [1.54, 1.807) is 25.4 Å². The number of carbonyl (C=O) groups is 1. The number of ether oxygens (including phenoxy) is 2. The van der Waals surface area contributed by atoms with Gasteiger partial charge in [-0.15, -0.1) is 0 Å². The van der Waals surface area contributed by atoms with Gasteiger partial charge in [0.25, 0.3) is 0 Å². The smallest absolute Gasteiger partial charge is 0.401 e. The predicted molar refractivity (Wildman–Crippen MR) is 117 cm³/mol. The summed E-state index contributed by atoms with van der Waals surface area (Å²) in [5.41, 5.74) is 2.74. The van der Waals surface area contributed by atoms with E-state index < -0.39 is 24.8 Å². The van der Waals surface area contributed by atoms with Crippen molar-refractivity contribution in [3.63, 3.8) is 0 Å². The molecule has 1 saturated heterocycles. The lowest BCUT2D eigenvalue weighted by molar-refractivity contribution is -0.150. The molecule has 0 amide bonds. The fourth-order valence-electron chi connectivity index (χ4n) is 4.51. The van der Waals surface area contributed by atoms with E-state index in [1.807, 2.05) is 19.1 Å². The van der Waals surface area contributed by atoms with Crippen molar-refractivity contribution in [2.75, 3.05) is 26.7 Å². The molecule has 1 aromatic heterocycles. The Bertz CT molecular complexity index is 1140. The monoisotopic (exact) mass is 462 g/mol. The van der Waals surface area contributed by atoms with Crippen LogP contribution in [0.25, 0.3) is 10.9 Å². The SMILES string of the molecule is COc1cc(C)c2[nH]ccc2c1O[C@@H]1CCN(CC(F)(F)F)C[C@H]1c1ccc(C(=O)O)cc1. The van der Waals surface area contributed by atoms with E-state index in [-0.39, 0.29) is 24.6 Å². The van der Waals surface area contributed by atoms with Gasteiger partial charge >= 0.3 is 12.1 Å². The van der Waals surface area contributed by atoms with Crippen molar-refractivity contribution in [3.05, 3.63) is 59.3 Å². The molecular weight excluding hydrogens is 437 g/mol. The molecule has 6 nitrogen and oxygen atoms in total. The third kappa shape index (κ3) is 4.93. The van der Waals surface area contributed by atoms with Crippen LogP contribution < -0.4 is 9.47 Å². The number of aryl methyl sites for hydroxylation is 1. The summed E-state index contributed by atoms with van der Waals surface area (Å²) < 4.78 is 51.2. The van der Waals surface area contributed by atoms with Gasteiger partial charge in [0.1, 0.15) is 6.10 Å². The second-order valence-electron chi connectivity index (χ2n) is 8.32. The van der Waals surface area contributed by atoms with Crippen LogP contribution in [0.1, 0.15) is 33.8 Å². The first kappa shape index (κ1) is 23.0. The Morgan fingerprint density at radius 3 is 2.61 bits per heavy atom. The molecular formula is C24H25F3N2O4. The summed E-state index contributed by atoms with van der Waals surface area (Å²) in [6.45, 7) is 1.33. The van der Waals surface area contributed by atoms with Crippen LogP contribution in [0.5, 0.6) is 11.5 Å². The molecule has 33 heavy (non-hydrogen) atoms. The molecule has 0 aliphatic carbocycles. The molecule has 0 spiro atoms. The third-order valence-electron chi connectivity index (χ3n) is 6.07. The van der Waals surface area contributed by atoms with Crippen LogP contribution in [0.3, 0.4) is 0 Å². The molecule has 0 saturated carbocycles. The molecule has 9 heteroatoms. The van der Waals surface area contributed by atoms with E-state index in [0.29, 0.717) is 17.9 Å². The van der Waals surface area contributed by atoms with Gasteiger partial charge in [-0.3, -0.25) is 4.90 Å². The zero-order valence-corrected chi connectivity index (χ0v) is 18.3. The van der Waals surface area contributed by atoms with Gasteiger partial charge in [0.05, 0.1) is 24.7 Å². The van der Waals surface area contributed by atoms with Crippen LogP contribution >= 0.6 is 0 Å². The molecule has 176 valence electrons. The number of hydrogen-bond acceptors (Lipinski definition) is 4. The quantitative estimate of drug-likeness (QED) is 0.540. The molecule has 2 atom stereocenters. The van der Waals surface area contributed by atoms with E-state index in [1.165, 1.54) is 17.0 Å². The maximum absolute atomic E-state index is 13.1. The van der Waals surface area contributed by atoms with Gasteiger partial charge in [0.15, 0.2) is 11.5 Å². The van der Waals surface area contributed by atoms with Gasteiger partial charge in [0, 0.05) is 30.6 Å². The highest BCUT2D eigenvalue weighted by Gasteiger charge is 2.38. The molecule has 2 heterocycles. The minimum atomic E-state index is -4.30. The number of alkyl halides is 3. The number of aromatic amines is 1. The first-order valence-electron chi connectivity index (χ1n) is 10.6. The maximum Gasteiger partial charge on any atom is 0.401 e. The van der Waals surface area contributed by atoms with E-state index in [4.69, 9.17) is 9.47 Å². The number of aromatic nitrogens is 1. The van der Waals surface area contributed by atoms with Gasteiger partial charge in [0.2, 0.25) is 0 Å². The summed E-state index contributed by atoms with van der Waals surface area (Å²) in [4.78, 5) is 15.8. The molecule has 0 bridgehead atoms. The number of benzene rings is 2. The average Bonchev–Trinajstić information content (AvgIpc) is 3.26. The molecule has 2 aromatic carbocycles. The number of rotatable bonds is 6. The predicted octanol–water partition coefficient (Wildman–Crippen LogP) is 4.98. The normalized spacial score (nSPS) is 19.5. The molecule has 0 unspecified atom stereocenters. The number of carboxylic acid groups (broad SMARTS) is 1. The Hall–Kier alpha value is -3.20. The highest BCUT2D eigenvalue weighted by atomic mass is 19.4. The summed E-state index contributed by atoms with van der Waals surface area (Å²) in [7, 11) is 1.55. The largest absolute Gasteiger partial charge is 0.493 e. The zero-order chi connectivity index (χ0) is 23.8. The molecule has 1 aliphatic heterocycles. The minimum absolute atomic E-state index is 0.119. The first-order chi connectivity index (χ1) is 15.7. The number of nitrogens with zero attached hydrogens (tertiary/aromatic N) is 1. The average molecular weight is 462 g/mol. The fourth-order valence-corrected chi connectivity index (χ4v) is 4.51. The number of H-pyrrole nitrogens is 1. The van der Waals surface area contributed by atoms with E-state index >= 15 is 0 Å². The minimum Gasteiger partial charge on any atom is -0.493 e. The van der Waals surface area contributed by atoms with Crippen molar-refractivity contribution >= 4 is 16.9 Å². The Kier molecular flexibility index (Phi) is 6.25. The Morgan fingerprint density at radius 1 is 1.24 bits per heavy atom. The number of piperidine rings is 1. The zero-order valence-electron chi connectivity index (χ0n) is 18.3. The number of halogens is 3. The molecule has 1 aliphatic rings. The third-order valence-corrected chi connectivity index (χ3v) is 6.07. The Morgan fingerprint density at radius 2 is 1.97 bits per heavy atom. The first-order valence-corrected chi connectivity index (χ1v) is 10.6. The summed E-state index contributed by atoms with van der Waals surface area (Å²) in [6, 6.07) is 9.99. The van der Waals surface area contributed by atoms with Crippen LogP contribution in [0.2, 0.25) is 0 Å². The number of hydrogen-bond donors (Lipinski definition) is 2. The van der Waals surface area contributed by atoms with E-state index in [9.17, 15) is 23.1 Å². The standard InChI is InChI=1S/C24H25F3N2O4/c1-14-11-20(32-2)22(17-7-9-28-21(14)17)33-19-8-10-29(13-24(25,26)27)12-18(19)15-3-5-16(6-4-15)23(30)31/h3-7,9,11,18-19,28H,8,10,12-13H2,1-2H3,(H,30,31)/t18-,19+/m0/s1. The Labute approximate surface area is 188 Å². The molecule has 4 rings (SSSR count). The van der Waals surface area contributed by atoms with Gasteiger partial charge in [-0.1, -0.05) is 12.1 Å². The van der Waals surface area contributed by atoms with Crippen molar-refractivity contribution in [2.24, 2.45) is 0 Å². The summed E-state index contributed by atoms with van der Waals surface area (Å²) >= 11 is 0. The van der Waals surface area contributed by atoms with Crippen molar-refractivity contribution < 1.29 is 32.5 Å². The maximum atomic E-state index is 13.1. The lowest BCUT2D eigenvalue weighted by Gasteiger charge is -2.39. The number of nitrogens with one attached hydrogen (secondary N) is 1. The number of fused-ring (bicyclic) bond motifs is 1. The Balaban J connectivity index is 1.68. The number of aromatic carboxylic acids is 1. The highest BCUT2D eigenvalue weighted by Crippen LogP contribution is 2.41. The van der Waals surface area contributed by atoms with Crippen LogP contribution in [0.4, 0.5) is 13.2 Å². The van der Waals surface area contributed by atoms with Crippen molar-refractivity contribution in [1.29, 1.82) is 0 Å². The molecule has 3 aromatic rings. The van der Waals surface area contributed by atoms with Gasteiger partial charge in [-0.2, -0.15) is 13.2 Å². The van der Waals surface area contributed by atoms with Crippen molar-refractivity contribution in [1.82, 2.24) is 9.88 Å². The van der Waals surface area contributed by atoms with Gasteiger partial charge in [-0.25, -0.2) is 4.79 Å². The number of carboxylic acids is 1. The van der Waals surface area contributed by atoms with Crippen LogP contribution in [-0.2, 0) is 0 Å².